The molecule has 0 aliphatic carbocycles. The Hall–Kier alpha value is -3.29. The summed E-state index contributed by atoms with van der Waals surface area (Å²) in [6.45, 7) is 6.75. The lowest BCUT2D eigenvalue weighted by molar-refractivity contribution is -0.122. The number of fused-ring (bicyclic) bond motifs is 2. The minimum absolute atomic E-state index is 0.0983. The van der Waals surface area contributed by atoms with Crippen LogP contribution >= 0.6 is 0 Å². The number of carbonyl (C=O) groups excluding carboxylic acids is 1. The molecule has 27 heavy (non-hydrogen) atoms. The third kappa shape index (κ3) is 3.38. The molecule has 1 N–H and O–H groups in total. The molecule has 4 aromatic rings. The van der Waals surface area contributed by atoms with Crippen LogP contribution in [-0.4, -0.2) is 41.9 Å². The van der Waals surface area contributed by atoms with Crippen LogP contribution in [0, 0.1) is 13.8 Å². The van der Waals surface area contributed by atoms with Crippen molar-refractivity contribution in [1.29, 1.82) is 0 Å². The highest BCUT2D eigenvalue weighted by atomic mass is 16.2. The summed E-state index contributed by atoms with van der Waals surface area (Å²) in [5.41, 5.74) is 5.84. The van der Waals surface area contributed by atoms with Gasteiger partial charge in [0.1, 0.15) is 17.6 Å². The monoisotopic (exact) mass is 363 g/mol. The van der Waals surface area contributed by atoms with Gasteiger partial charge in [0.2, 0.25) is 5.91 Å². The summed E-state index contributed by atoms with van der Waals surface area (Å²) in [5.74, 6) is -0.116. The Morgan fingerprint density at radius 3 is 2.56 bits per heavy atom. The van der Waals surface area contributed by atoms with Crippen molar-refractivity contribution in [3.05, 3.63) is 47.5 Å². The summed E-state index contributed by atoms with van der Waals surface area (Å²) < 4.78 is 3.44. The van der Waals surface area contributed by atoms with Gasteiger partial charge in [0.25, 0.3) is 0 Å². The first kappa shape index (κ1) is 17.1. The van der Waals surface area contributed by atoms with E-state index in [4.69, 9.17) is 0 Å². The molecule has 0 unspecified atom stereocenters. The van der Waals surface area contributed by atoms with Gasteiger partial charge in [0.15, 0.2) is 0 Å². The molecule has 0 saturated heterocycles. The van der Waals surface area contributed by atoms with E-state index < -0.39 is 0 Å². The summed E-state index contributed by atoms with van der Waals surface area (Å²) in [6, 6.07) is 11.6. The van der Waals surface area contributed by atoms with E-state index in [0.717, 1.165) is 22.1 Å². The van der Waals surface area contributed by atoms with E-state index >= 15 is 0 Å². The maximum Gasteiger partial charge on any atom is 0.242 e. The van der Waals surface area contributed by atoms with Gasteiger partial charge < -0.3 is 5.32 Å². The fraction of sp³-hybridized carbons (Fsp3) is 0.316. The molecule has 8 nitrogen and oxygen atoms in total. The van der Waals surface area contributed by atoms with Crippen molar-refractivity contribution in [3.63, 3.8) is 0 Å². The molecular formula is C19H21N7O. The van der Waals surface area contributed by atoms with Crippen molar-refractivity contribution >= 4 is 28.0 Å². The van der Waals surface area contributed by atoms with Crippen molar-refractivity contribution in [1.82, 2.24) is 35.3 Å². The van der Waals surface area contributed by atoms with E-state index in [1.807, 2.05) is 41.9 Å². The minimum atomic E-state index is -0.116. The molecule has 0 bridgehead atoms. The molecule has 2 aromatic carbocycles. The zero-order valence-corrected chi connectivity index (χ0v) is 15.5. The van der Waals surface area contributed by atoms with E-state index in [1.165, 1.54) is 11.1 Å². The average Bonchev–Trinajstić information content (AvgIpc) is 3.20. The first-order valence-electron chi connectivity index (χ1n) is 8.89. The fourth-order valence-electron chi connectivity index (χ4n) is 3.15. The Bertz CT molecular complexity index is 1130. The highest BCUT2D eigenvalue weighted by Crippen LogP contribution is 2.17. The van der Waals surface area contributed by atoms with Crippen LogP contribution in [0.25, 0.3) is 22.1 Å². The molecule has 8 heteroatoms. The van der Waals surface area contributed by atoms with Crippen LogP contribution in [0.4, 0.5) is 0 Å². The topological polar surface area (TPSA) is 90.5 Å². The highest BCUT2D eigenvalue weighted by Gasteiger charge is 2.14. The average molecular weight is 363 g/mol. The predicted molar refractivity (Wildman–Crippen MR) is 102 cm³/mol. The standard InChI is InChI=1S/C19H21N7O/c1-12-8-16-18(9-13(12)2)25(24-22-16)10-14(3)20-19(27)11-26-17-7-5-4-6-15(17)21-23-26/h4-9,14H,10-11H2,1-3H3,(H,20,27)/t14-/m1/s1. The van der Waals surface area contributed by atoms with Crippen LogP contribution in [-0.2, 0) is 17.9 Å². The number of carbonyl (C=O) groups is 1. The molecule has 0 saturated carbocycles. The van der Waals surface area contributed by atoms with Gasteiger partial charge in [-0.25, -0.2) is 9.36 Å². The van der Waals surface area contributed by atoms with E-state index in [0.29, 0.717) is 6.54 Å². The van der Waals surface area contributed by atoms with Crippen LogP contribution in [0.3, 0.4) is 0 Å². The lowest BCUT2D eigenvalue weighted by atomic mass is 10.1. The molecule has 1 atom stereocenters. The number of hydrogen-bond donors (Lipinski definition) is 1. The van der Waals surface area contributed by atoms with Gasteiger partial charge in [-0.1, -0.05) is 22.6 Å². The largest absolute Gasteiger partial charge is 0.350 e. The van der Waals surface area contributed by atoms with Crippen molar-refractivity contribution in [2.45, 2.75) is 39.9 Å². The molecule has 138 valence electrons. The summed E-state index contributed by atoms with van der Waals surface area (Å²) >= 11 is 0. The van der Waals surface area contributed by atoms with Crippen molar-refractivity contribution in [3.8, 4) is 0 Å². The molecule has 0 spiro atoms. The lowest BCUT2D eigenvalue weighted by Gasteiger charge is -2.14. The maximum absolute atomic E-state index is 12.4. The van der Waals surface area contributed by atoms with Gasteiger partial charge in [-0.3, -0.25) is 4.79 Å². The van der Waals surface area contributed by atoms with E-state index in [9.17, 15) is 4.79 Å². The molecule has 2 aromatic heterocycles. The van der Waals surface area contributed by atoms with Gasteiger partial charge in [0.05, 0.1) is 17.6 Å². The smallest absolute Gasteiger partial charge is 0.242 e. The zero-order chi connectivity index (χ0) is 19.0. The third-order valence-corrected chi connectivity index (χ3v) is 4.70. The SMILES string of the molecule is Cc1cc2nnn(C[C@@H](C)NC(=O)Cn3nnc4ccccc43)c2cc1C. The normalized spacial score (nSPS) is 12.6. The molecule has 0 aliphatic heterocycles. The Kier molecular flexibility index (Phi) is 4.31. The van der Waals surface area contributed by atoms with Gasteiger partial charge in [-0.2, -0.15) is 0 Å². The van der Waals surface area contributed by atoms with E-state index in [1.54, 1.807) is 4.68 Å². The molecular weight excluding hydrogens is 342 g/mol. The Morgan fingerprint density at radius 1 is 1.00 bits per heavy atom. The summed E-state index contributed by atoms with van der Waals surface area (Å²) in [5, 5.41) is 19.6. The minimum Gasteiger partial charge on any atom is -0.350 e. The lowest BCUT2D eigenvalue weighted by Crippen LogP contribution is -2.38. The number of aryl methyl sites for hydroxylation is 2. The number of nitrogens with zero attached hydrogens (tertiary/aromatic N) is 6. The number of aromatic nitrogens is 6. The summed E-state index contributed by atoms with van der Waals surface area (Å²) in [4.78, 5) is 12.4. The molecule has 0 aliphatic rings. The van der Waals surface area contributed by atoms with Crippen LogP contribution in [0.1, 0.15) is 18.1 Å². The van der Waals surface area contributed by atoms with Crippen LogP contribution in [0.15, 0.2) is 36.4 Å². The predicted octanol–water partition coefficient (Wildman–Crippen LogP) is 2.00. The second-order valence-electron chi connectivity index (χ2n) is 6.90. The van der Waals surface area contributed by atoms with E-state index in [2.05, 4.69) is 45.9 Å². The molecule has 4 rings (SSSR count). The summed E-state index contributed by atoms with van der Waals surface area (Å²) in [7, 11) is 0. The van der Waals surface area contributed by atoms with Crippen molar-refractivity contribution in [2.24, 2.45) is 0 Å². The molecule has 1 amide bonds. The number of rotatable bonds is 5. The van der Waals surface area contributed by atoms with Gasteiger partial charge in [-0.05, 0) is 56.2 Å². The van der Waals surface area contributed by atoms with Crippen molar-refractivity contribution < 1.29 is 4.79 Å². The molecule has 2 heterocycles. The quantitative estimate of drug-likeness (QED) is 0.586. The Balaban J connectivity index is 1.44. The second-order valence-corrected chi connectivity index (χ2v) is 6.90. The van der Waals surface area contributed by atoms with Crippen LogP contribution in [0.2, 0.25) is 0 Å². The Labute approximate surface area is 156 Å². The number of hydrogen-bond acceptors (Lipinski definition) is 5. The van der Waals surface area contributed by atoms with Crippen molar-refractivity contribution in [2.75, 3.05) is 0 Å². The molecule has 0 fully saturated rings. The fourth-order valence-corrected chi connectivity index (χ4v) is 3.15. The second kappa shape index (κ2) is 6.79. The number of para-hydroxylation sites is 1. The number of amides is 1. The zero-order valence-electron chi connectivity index (χ0n) is 15.5. The van der Waals surface area contributed by atoms with Crippen LogP contribution < -0.4 is 5.32 Å². The first-order chi connectivity index (χ1) is 13.0. The number of nitrogens with one attached hydrogen (secondary N) is 1. The van der Waals surface area contributed by atoms with Crippen LogP contribution in [0.5, 0.6) is 0 Å². The van der Waals surface area contributed by atoms with E-state index in [-0.39, 0.29) is 18.5 Å². The maximum atomic E-state index is 12.4. The third-order valence-electron chi connectivity index (χ3n) is 4.70. The van der Waals surface area contributed by atoms with Gasteiger partial charge in [-0.15, -0.1) is 10.2 Å². The molecule has 0 radical (unpaired) electrons. The highest BCUT2D eigenvalue weighted by molar-refractivity contribution is 5.80. The summed E-state index contributed by atoms with van der Waals surface area (Å²) in [6.07, 6.45) is 0. The first-order valence-corrected chi connectivity index (χ1v) is 8.89. The Morgan fingerprint density at radius 2 is 1.70 bits per heavy atom. The van der Waals surface area contributed by atoms with Gasteiger partial charge >= 0.3 is 0 Å². The number of benzene rings is 2. The van der Waals surface area contributed by atoms with Gasteiger partial charge in [0, 0.05) is 6.04 Å².